The van der Waals surface area contributed by atoms with Crippen molar-refractivity contribution in [2.45, 2.75) is 20.3 Å². The van der Waals surface area contributed by atoms with Crippen LogP contribution in [-0.2, 0) is 9.59 Å². The highest BCUT2D eigenvalue weighted by atomic mass is 16.4. The van der Waals surface area contributed by atoms with E-state index in [1.165, 1.54) is 0 Å². The molecule has 1 amide bonds. The van der Waals surface area contributed by atoms with Crippen molar-refractivity contribution in [2.24, 2.45) is 0 Å². The number of aliphatic carboxylic acids is 1. The molecule has 0 atom stereocenters. The molecule has 0 aromatic carbocycles. The summed E-state index contributed by atoms with van der Waals surface area (Å²) >= 11 is 0. The second-order valence-corrected chi connectivity index (χ2v) is 4.57. The van der Waals surface area contributed by atoms with E-state index >= 15 is 0 Å². The van der Waals surface area contributed by atoms with Crippen LogP contribution in [0.5, 0.6) is 0 Å². The molecule has 5 heteroatoms. The lowest BCUT2D eigenvalue weighted by atomic mass is 10.3. The van der Waals surface area contributed by atoms with Gasteiger partial charge in [0.05, 0.1) is 6.54 Å². The van der Waals surface area contributed by atoms with Gasteiger partial charge in [-0.05, 0) is 20.3 Å². The molecule has 1 fully saturated rings. The first-order valence-electron chi connectivity index (χ1n) is 5.87. The normalized spacial score (nSPS) is 17.4. The Hall–Kier alpha value is -1.36. The number of rotatable bonds is 3. The van der Waals surface area contributed by atoms with Crippen molar-refractivity contribution in [3.8, 4) is 0 Å². The molecular formula is C12H20N2O3. The second kappa shape index (κ2) is 6.39. The minimum Gasteiger partial charge on any atom is -0.480 e. The Morgan fingerprint density at radius 3 is 2.47 bits per heavy atom. The summed E-state index contributed by atoms with van der Waals surface area (Å²) in [5.41, 5.74) is 0.988. The highest BCUT2D eigenvalue weighted by Crippen LogP contribution is 2.05. The van der Waals surface area contributed by atoms with Crippen LogP contribution >= 0.6 is 0 Å². The molecule has 0 unspecified atom stereocenters. The standard InChI is InChI=1S/C12H20N2O3/c1-10(2)8-11(15)14-5-3-4-13(6-7-14)9-12(16)17/h8H,3-7,9H2,1-2H3,(H,16,17). The first-order valence-corrected chi connectivity index (χ1v) is 5.87. The Labute approximate surface area is 102 Å². The van der Waals surface area contributed by atoms with Gasteiger partial charge in [-0.2, -0.15) is 0 Å². The van der Waals surface area contributed by atoms with Gasteiger partial charge in [-0.3, -0.25) is 14.5 Å². The molecular weight excluding hydrogens is 220 g/mol. The van der Waals surface area contributed by atoms with Gasteiger partial charge in [-0.25, -0.2) is 0 Å². The maximum absolute atomic E-state index is 11.8. The number of carboxylic acids is 1. The monoisotopic (exact) mass is 240 g/mol. The molecule has 0 aromatic heterocycles. The fraction of sp³-hybridized carbons (Fsp3) is 0.667. The zero-order chi connectivity index (χ0) is 12.8. The molecule has 0 bridgehead atoms. The lowest BCUT2D eigenvalue weighted by Crippen LogP contribution is -2.36. The van der Waals surface area contributed by atoms with Gasteiger partial charge in [0.15, 0.2) is 0 Å². The lowest BCUT2D eigenvalue weighted by molar-refractivity contribution is -0.138. The molecule has 1 saturated heterocycles. The van der Waals surface area contributed by atoms with Gasteiger partial charge in [-0.15, -0.1) is 0 Å². The Kier molecular flexibility index (Phi) is 5.15. The SMILES string of the molecule is CC(C)=CC(=O)N1CCCN(CC(=O)O)CC1. The third-order valence-electron chi connectivity index (χ3n) is 2.67. The average molecular weight is 240 g/mol. The summed E-state index contributed by atoms with van der Waals surface area (Å²) in [7, 11) is 0. The van der Waals surface area contributed by atoms with Crippen LogP contribution < -0.4 is 0 Å². The van der Waals surface area contributed by atoms with Gasteiger partial charge >= 0.3 is 5.97 Å². The van der Waals surface area contributed by atoms with Crippen LogP contribution in [-0.4, -0.2) is 59.5 Å². The molecule has 1 N–H and O–H groups in total. The van der Waals surface area contributed by atoms with E-state index in [1.54, 1.807) is 11.0 Å². The van der Waals surface area contributed by atoms with Crippen molar-refractivity contribution in [3.05, 3.63) is 11.6 Å². The van der Waals surface area contributed by atoms with Gasteiger partial charge in [0.25, 0.3) is 0 Å². The van der Waals surface area contributed by atoms with E-state index < -0.39 is 5.97 Å². The summed E-state index contributed by atoms with van der Waals surface area (Å²) in [6.07, 6.45) is 2.46. The van der Waals surface area contributed by atoms with Gasteiger partial charge in [-0.1, -0.05) is 5.57 Å². The van der Waals surface area contributed by atoms with E-state index in [2.05, 4.69) is 0 Å². The van der Waals surface area contributed by atoms with Crippen molar-refractivity contribution < 1.29 is 14.7 Å². The van der Waals surface area contributed by atoms with Crippen LogP contribution in [0.1, 0.15) is 20.3 Å². The van der Waals surface area contributed by atoms with E-state index in [4.69, 9.17) is 5.11 Å². The number of hydrogen-bond acceptors (Lipinski definition) is 3. The van der Waals surface area contributed by atoms with Crippen molar-refractivity contribution >= 4 is 11.9 Å². The molecule has 1 aliphatic heterocycles. The summed E-state index contributed by atoms with van der Waals surface area (Å²) in [6, 6.07) is 0. The zero-order valence-electron chi connectivity index (χ0n) is 10.5. The molecule has 0 aromatic rings. The van der Waals surface area contributed by atoms with Gasteiger partial charge in [0.2, 0.25) is 5.91 Å². The quantitative estimate of drug-likeness (QED) is 0.733. The molecule has 0 radical (unpaired) electrons. The van der Waals surface area contributed by atoms with Gasteiger partial charge < -0.3 is 10.0 Å². The van der Waals surface area contributed by atoms with Crippen LogP contribution in [0.4, 0.5) is 0 Å². The van der Waals surface area contributed by atoms with Gasteiger partial charge in [0, 0.05) is 32.3 Å². The molecule has 1 heterocycles. The first kappa shape index (κ1) is 13.7. The third-order valence-corrected chi connectivity index (χ3v) is 2.67. The van der Waals surface area contributed by atoms with E-state index in [0.717, 1.165) is 18.5 Å². The Morgan fingerprint density at radius 1 is 1.18 bits per heavy atom. The highest BCUT2D eigenvalue weighted by Gasteiger charge is 2.18. The molecule has 0 spiro atoms. The molecule has 96 valence electrons. The number of carboxylic acid groups (broad SMARTS) is 1. The maximum Gasteiger partial charge on any atom is 0.317 e. The lowest BCUT2D eigenvalue weighted by Gasteiger charge is -2.19. The topological polar surface area (TPSA) is 60.9 Å². The molecule has 0 aliphatic carbocycles. The summed E-state index contributed by atoms with van der Waals surface area (Å²) in [4.78, 5) is 26.1. The van der Waals surface area contributed by atoms with E-state index in [9.17, 15) is 9.59 Å². The van der Waals surface area contributed by atoms with E-state index in [-0.39, 0.29) is 12.5 Å². The molecule has 1 aliphatic rings. The predicted octanol–water partition coefficient (Wildman–Crippen LogP) is 0.572. The Bertz CT molecular complexity index is 322. The highest BCUT2D eigenvalue weighted by molar-refractivity contribution is 5.88. The summed E-state index contributed by atoms with van der Waals surface area (Å²) in [5, 5.41) is 8.72. The predicted molar refractivity (Wildman–Crippen MR) is 64.7 cm³/mol. The molecule has 17 heavy (non-hydrogen) atoms. The number of amides is 1. The number of allylic oxidation sites excluding steroid dienone is 1. The number of carbonyl (C=O) groups is 2. The minimum absolute atomic E-state index is 0.0298. The fourth-order valence-corrected chi connectivity index (χ4v) is 1.88. The molecule has 1 rings (SSSR count). The van der Waals surface area contributed by atoms with Gasteiger partial charge in [0.1, 0.15) is 0 Å². The van der Waals surface area contributed by atoms with Crippen LogP contribution in [0.2, 0.25) is 0 Å². The number of hydrogen-bond donors (Lipinski definition) is 1. The smallest absolute Gasteiger partial charge is 0.317 e. The second-order valence-electron chi connectivity index (χ2n) is 4.57. The molecule has 0 saturated carbocycles. The van der Waals surface area contributed by atoms with E-state index in [1.807, 2.05) is 18.7 Å². The Balaban J connectivity index is 2.50. The summed E-state index contributed by atoms with van der Waals surface area (Å²) < 4.78 is 0. The first-order chi connectivity index (χ1) is 7.99. The maximum atomic E-state index is 11.8. The number of carbonyl (C=O) groups excluding carboxylic acids is 1. The zero-order valence-corrected chi connectivity index (χ0v) is 10.5. The Morgan fingerprint density at radius 2 is 1.88 bits per heavy atom. The van der Waals surface area contributed by atoms with Crippen molar-refractivity contribution in [1.82, 2.24) is 9.80 Å². The van der Waals surface area contributed by atoms with Crippen molar-refractivity contribution in [3.63, 3.8) is 0 Å². The van der Waals surface area contributed by atoms with Crippen LogP contribution in [0.15, 0.2) is 11.6 Å². The fourth-order valence-electron chi connectivity index (χ4n) is 1.88. The van der Waals surface area contributed by atoms with Crippen LogP contribution in [0, 0.1) is 0 Å². The largest absolute Gasteiger partial charge is 0.480 e. The van der Waals surface area contributed by atoms with Crippen molar-refractivity contribution in [2.75, 3.05) is 32.7 Å². The summed E-state index contributed by atoms with van der Waals surface area (Å²) in [5.74, 6) is -0.781. The van der Waals surface area contributed by atoms with Crippen molar-refractivity contribution in [1.29, 1.82) is 0 Å². The number of nitrogens with zero attached hydrogens (tertiary/aromatic N) is 2. The third kappa shape index (κ3) is 4.99. The average Bonchev–Trinajstić information content (AvgIpc) is 2.41. The van der Waals surface area contributed by atoms with Crippen LogP contribution in [0.25, 0.3) is 0 Å². The summed E-state index contributed by atoms with van der Waals surface area (Å²) in [6.45, 7) is 6.54. The van der Waals surface area contributed by atoms with Crippen LogP contribution in [0.3, 0.4) is 0 Å². The minimum atomic E-state index is -0.811. The van der Waals surface area contributed by atoms with E-state index in [0.29, 0.717) is 19.6 Å². The molecule has 5 nitrogen and oxygen atoms in total.